The summed E-state index contributed by atoms with van der Waals surface area (Å²) >= 11 is 0. The maximum Gasteiger partial charge on any atom is 0.111 e. The third-order valence-corrected chi connectivity index (χ3v) is 4.48. The minimum Gasteiger partial charge on any atom is -0.313 e. The lowest BCUT2D eigenvalue weighted by Gasteiger charge is -2.31. The maximum atomic E-state index is 9.19. The first kappa shape index (κ1) is 13.6. The van der Waals surface area contributed by atoms with Gasteiger partial charge in [-0.25, -0.2) is 0 Å². The van der Waals surface area contributed by atoms with Gasteiger partial charge in [-0.15, -0.1) is 0 Å². The molecule has 0 amide bonds. The molecule has 2 fully saturated rings. The summed E-state index contributed by atoms with van der Waals surface area (Å²) in [6, 6.07) is 5.06. The van der Waals surface area contributed by atoms with E-state index in [0.717, 1.165) is 31.9 Å². The zero-order valence-electron chi connectivity index (χ0n) is 12.0. The van der Waals surface area contributed by atoms with E-state index in [1.165, 1.54) is 32.1 Å². The van der Waals surface area contributed by atoms with Gasteiger partial charge >= 0.3 is 0 Å². The standard InChI is InChI=1S/C15H23N5/c16-10-15-11-17-7-9-19(15)12-13-6-8-20(18-13)14-4-2-1-3-5-14/h6,8,14-15,17H,1-5,7,9,11-12H2. The van der Waals surface area contributed by atoms with Crippen LogP contribution in [0.15, 0.2) is 12.3 Å². The van der Waals surface area contributed by atoms with Gasteiger partial charge in [-0.1, -0.05) is 19.3 Å². The van der Waals surface area contributed by atoms with Crippen LogP contribution < -0.4 is 5.32 Å². The Kier molecular flexibility index (Phi) is 4.34. The molecule has 20 heavy (non-hydrogen) atoms. The maximum absolute atomic E-state index is 9.19. The number of nitriles is 1. The molecule has 1 saturated carbocycles. The van der Waals surface area contributed by atoms with Gasteiger partial charge in [0, 0.05) is 32.4 Å². The lowest BCUT2D eigenvalue weighted by atomic mass is 9.96. The monoisotopic (exact) mass is 273 g/mol. The minimum absolute atomic E-state index is 0.0245. The van der Waals surface area contributed by atoms with Gasteiger partial charge in [-0.05, 0) is 18.9 Å². The number of rotatable bonds is 3. The van der Waals surface area contributed by atoms with E-state index in [0.29, 0.717) is 6.04 Å². The van der Waals surface area contributed by atoms with Crippen molar-refractivity contribution in [3.63, 3.8) is 0 Å². The van der Waals surface area contributed by atoms with Crippen LogP contribution in [0.3, 0.4) is 0 Å². The van der Waals surface area contributed by atoms with Gasteiger partial charge in [-0.2, -0.15) is 10.4 Å². The first-order valence-corrected chi connectivity index (χ1v) is 7.75. The van der Waals surface area contributed by atoms with Crippen molar-refractivity contribution in [3.05, 3.63) is 18.0 Å². The van der Waals surface area contributed by atoms with Crippen LogP contribution in [0.1, 0.15) is 43.8 Å². The fraction of sp³-hybridized carbons (Fsp3) is 0.733. The summed E-state index contributed by atoms with van der Waals surface area (Å²) in [7, 11) is 0. The molecule has 0 aromatic carbocycles. The first-order chi connectivity index (χ1) is 9.86. The largest absolute Gasteiger partial charge is 0.313 e. The van der Waals surface area contributed by atoms with Crippen molar-refractivity contribution in [2.45, 2.75) is 50.7 Å². The van der Waals surface area contributed by atoms with E-state index in [2.05, 4.69) is 33.2 Å². The number of nitrogens with one attached hydrogen (secondary N) is 1. The Bertz CT molecular complexity index is 469. The van der Waals surface area contributed by atoms with E-state index in [9.17, 15) is 5.26 Å². The van der Waals surface area contributed by atoms with E-state index >= 15 is 0 Å². The lowest BCUT2D eigenvalue weighted by Crippen LogP contribution is -2.50. The number of piperazine rings is 1. The summed E-state index contributed by atoms with van der Waals surface area (Å²) in [6.07, 6.45) is 8.66. The fourth-order valence-corrected chi connectivity index (χ4v) is 3.28. The van der Waals surface area contributed by atoms with Crippen molar-refractivity contribution < 1.29 is 0 Å². The summed E-state index contributed by atoms with van der Waals surface area (Å²) in [5, 5.41) is 17.2. The molecule has 1 aliphatic carbocycles. The molecule has 2 aliphatic rings. The minimum atomic E-state index is -0.0245. The van der Waals surface area contributed by atoms with Crippen molar-refractivity contribution in [2.24, 2.45) is 0 Å². The zero-order valence-corrected chi connectivity index (χ0v) is 12.0. The molecule has 1 aliphatic heterocycles. The molecule has 0 radical (unpaired) electrons. The second-order valence-electron chi connectivity index (χ2n) is 5.90. The lowest BCUT2D eigenvalue weighted by molar-refractivity contribution is 0.186. The van der Waals surface area contributed by atoms with Gasteiger partial charge < -0.3 is 5.32 Å². The van der Waals surface area contributed by atoms with Crippen molar-refractivity contribution in [3.8, 4) is 6.07 Å². The molecule has 1 aromatic heterocycles. The van der Waals surface area contributed by atoms with Crippen LogP contribution in [0, 0.1) is 11.3 Å². The first-order valence-electron chi connectivity index (χ1n) is 7.75. The molecule has 1 unspecified atom stereocenters. The number of hydrogen-bond donors (Lipinski definition) is 1. The molecule has 2 heterocycles. The number of aromatic nitrogens is 2. The summed E-state index contributed by atoms with van der Waals surface area (Å²) in [5.74, 6) is 0. The van der Waals surface area contributed by atoms with E-state index in [1.807, 2.05) is 0 Å². The predicted octanol–water partition coefficient (Wildman–Crippen LogP) is 1.69. The zero-order chi connectivity index (χ0) is 13.8. The van der Waals surface area contributed by atoms with E-state index in [-0.39, 0.29) is 6.04 Å². The molecule has 1 aromatic rings. The highest BCUT2D eigenvalue weighted by Gasteiger charge is 2.23. The third-order valence-electron chi connectivity index (χ3n) is 4.48. The molecule has 0 bridgehead atoms. The Balaban J connectivity index is 1.63. The van der Waals surface area contributed by atoms with Crippen LogP contribution in [-0.2, 0) is 6.54 Å². The summed E-state index contributed by atoms with van der Waals surface area (Å²) in [6.45, 7) is 3.44. The van der Waals surface area contributed by atoms with Crippen LogP contribution >= 0.6 is 0 Å². The summed E-state index contributed by atoms with van der Waals surface area (Å²) in [4.78, 5) is 2.23. The SMILES string of the molecule is N#CC1CNCCN1Cc1ccn(C2CCCCC2)n1. The third kappa shape index (κ3) is 3.02. The Morgan fingerprint density at radius 1 is 1.35 bits per heavy atom. The fourth-order valence-electron chi connectivity index (χ4n) is 3.28. The van der Waals surface area contributed by atoms with Crippen LogP contribution in [0.5, 0.6) is 0 Å². The highest BCUT2D eigenvalue weighted by atomic mass is 15.3. The van der Waals surface area contributed by atoms with E-state index < -0.39 is 0 Å². The molecule has 1 N–H and O–H groups in total. The molecule has 1 atom stereocenters. The van der Waals surface area contributed by atoms with Gasteiger partial charge in [0.1, 0.15) is 6.04 Å². The molecule has 0 spiro atoms. The van der Waals surface area contributed by atoms with Crippen molar-refractivity contribution in [2.75, 3.05) is 19.6 Å². The second kappa shape index (κ2) is 6.38. The highest BCUT2D eigenvalue weighted by molar-refractivity contribution is 5.04. The molecule has 1 saturated heterocycles. The van der Waals surface area contributed by atoms with Crippen LogP contribution in [0.25, 0.3) is 0 Å². The molecule has 108 valence electrons. The highest BCUT2D eigenvalue weighted by Crippen LogP contribution is 2.27. The predicted molar refractivity (Wildman–Crippen MR) is 77.0 cm³/mol. The van der Waals surface area contributed by atoms with Crippen LogP contribution in [-0.4, -0.2) is 40.4 Å². The molecular formula is C15H23N5. The second-order valence-corrected chi connectivity index (χ2v) is 5.90. The molecule has 5 heteroatoms. The van der Waals surface area contributed by atoms with Gasteiger partial charge in [-0.3, -0.25) is 9.58 Å². The van der Waals surface area contributed by atoms with Gasteiger partial charge in [0.25, 0.3) is 0 Å². The van der Waals surface area contributed by atoms with Crippen molar-refractivity contribution in [1.29, 1.82) is 5.26 Å². The summed E-state index contributed by atoms with van der Waals surface area (Å²) in [5.41, 5.74) is 1.10. The van der Waals surface area contributed by atoms with Gasteiger partial charge in [0.2, 0.25) is 0 Å². The van der Waals surface area contributed by atoms with Gasteiger partial charge in [0.05, 0.1) is 17.8 Å². The molecule has 5 nitrogen and oxygen atoms in total. The Hall–Kier alpha value is -1.38. The topological polar surface area (TPSA) is 56.9 Å². The number of nitrogens with zero attached hydrogens (tertiary/aromatic N) is 4. The smallest absolute Gasteiger partial charge is 0.111 e. The van der Waals surface area contributed by atoms with Crippen molar-refractivity contribution >= 4 is 0 Å². The van der Waals surface area contributed by atoms with E-state index in [4.69, 9.17) is 5.10 Å². The Labute approximate surface area is 120 Å². The Morgan fingerprint density at radius 2 is 2.20 bits per heavy atom. The quantitative estimate of drug-likeness (QED) is 0.910. The number of hydrogen-bond acceptors (Lipinski definition) is 4. The van der Waals surface area contributed by atoms with E-state index in [1.54, 1.807) is 0 Å². The summed E-state index contributed by atoms with van der Waals surface area (Å²) < 4.78 is 2.15. The van der Waals surface area contributed by atoms with Crippen molar-refractivity contribution in [1.82, 2.24) is 20.0 Å². The van der Waals surface area contributed by atoms with Crippen LogP contribution in [0.4, 0.5) is 0 Å². The normalized spacial score (nSPS) is 25.4. The van der Waals surface area contributed by atoms with Gasteiger partial charge in [0.15, 0.2) is 0 Å². The molecule has 3 rings (SSSR count). The average Bonchev–Trinajstić information content (AvgIpc) is 2.97. The average molecular weight is 273 g/mol. The Morgan fingerprint density at radius 3 is 3.00 bits per heavy atom. The van der Waals surface area contributed by atoms with Crippen LogP contribution in [0.2, 0.25) is 0 Å². The molecular weight excluding hydrogens is 250 g/mol.